The molecule has 1 aromatic carbocycles. The Morgan fingerprint density at radius 1 is 1.25 bits per heavy atom. The van der Waals surface area contributed by atoms with Gasteiger partial charge in [-0.15, -0.1) is 0 Å². The smallest absolute Gasteiger partial charge is 0.244 e. The van der Waals surface area contributed by atoms with Crippen LogP contribution >= 0.6 is 0 Å². The van der Waals surface area contributed by atoms with Crippen LogP contribution in [0.2, 0.25) is 0 Å². The molecule has 0 fully saturated rings. The lowest BCUT2D eigenvalue weighted by atomic mass is 10.0. The molecule has 0 bridgehead atoms. The second-order valence-corrected chi connectivity index (χ2v) is 5.52. The lowest BCUT2D eigenvalue weighted by Gasteiger charge is -2.25. The summed E-state index contributed by atoms with van der Waals surface area (Å²) in [7, 11) is 0. The molecule has 0 atom stereocenters. The SMILES string of the molecule is CC(C)c1ccc(/C=C/C(=O)NC(C)(CO)CO)cc1. The quantitative estimate of drug-likeness (QED) is 0.693. The van der Waals surface area contributed by atoms with Crippen molar-refractivity contribution in [2.45, 2.75) is 32.2 Å². The molecule has 1 rings (SSSR count). The van der Waals surface area contributed by atoms with E-state index < -0.39 is 5.54 Å². The third kappa shape index (κ3) is 4.79. The van der Waals surface area contributed by atoms with Crippen molar-refractivity contribution in [1.29, 1.82) is 0 Å². The zero-order chi connectivity index (χ0) is 15.2. The van der Waals surface area contributed by atoms with E-state index in [-0.39, 0.29) is 19.1 Å². The van der Waals surface area contributed by atoms with Crippen molar-refractivity contribution >= 4 is 12.0 Å². The van der Waals surface area contributed by atoms with Crippen LogP contribution in [-0.2, 0) is 4.79 Å². The van der Waals surface area contributed by atoms with Gasteiger partial charge in [0.05, 0.1) is 18.8 Å². The average Bonchev–Trinajstić information content (AvgIpc) is 2.45. The zero-order valence-electron chi connectivity index (χ0n) is 12.3. The summed E-state index contributed by atoms with van der Waals surface area (Å²) in [6.07, 6.45) is 3.10. The monoisotopic (exact) mass is 277 g/mol. The molecule has 4 heteroatoms. The first-order valence-corrected chi connectivity index (χ1v) is 6.72. The zero-order valence-corrected chi connectivity index (χ0v) is 12.3. The van der Waals surface area contributed by atoms with Gasteiger partial charge in [0.15, 0.2) is 0 Å². The minimum absolute atomic E-state index is 0.313. The van der Waals surface area contributed by atoms with Crippen molar-refractivity contribution < 1.29 is 15.0 Å². The lowest BCUT2D eigenvalue weighted by Crippen LogP contribution is -2.51. The molecule has 0 radical (unpaired) electrons. The van der Waals surface area contributed by atoms with Crippen LogP contribution in [-0.4, -0.2) is 34.9 Å². The minimum Gasteiger partial charge on any atom is -0.394 e. The molecule has 0 unspecified atom stereocenters. The molecule has 0 aliphatic rings. The number of hydrogen-bond acceptors (Lipinski definition) is 3. The minimum atomic E-state index is -0.997. The summed E-state index contributed by atoms with van der Waals surface area (Å²) in [5.41, 5.74) is 1.18. The highest BCUT2D eigenvalue weighted by atomic mass is 16.3. The molecule has 3 N–H and O–H groups in total. The third-order valence-electron chi connectivity index (χ3n) is 3.15. The van der Waals surface area contributed by atoms with E-state index in [1.807, 2.05) is 24.3 Å². The fraction of sp³-hybridized carbons (Fsp3) is 0.438. The van der Waals surface area contributed by atoms with E-state index >= 15 is 0 Å². The molecule has 1 aromatic rings. The molecule has 0 aromatic heterocycles. The number of nitrogens with one attached hydrogen (secondary N) is 1. The Labute approximate surface area is 120 Å². The molecule has 0 heterocycles. The summed E-state index contributed by atoms with van der Waals surface area (Å²) in [5.74, 6) is 0.134. The number of hydrogen-bond donors (Lipinski definition) is 3. The van der Waals surface area contributed by atoms with Crippen LogP contribution in [0.1, 0.15) is 37.8 Å². The van der Waals surface area contributed by atoms with E-state index in [0.717, 1.165) is 5.56 Å². The maximum Gasteiger partial charge on any atom is 0.244 e. The van der Waals surface area contributed by atoms with Crippen LogP contribution in [0.3, 0.4) is 0 Å². The topological polar surface area (TPSA) is 69.6 Å². The highest BCUT2D eigenvalue weighted by molar-refractivity contribution is 5.92. The summed E-state index contributed by atoms with van der Waals surface area (Å²) in [6, 6.07) is 7.98. The van der Waals surface area contributed by atoms with Gasteiger partial charge >= 0.3 is 0 Å². The van der Waals surface area contributed by atoms with Gasteiger partial charge in [0.2, 0.25) is 5.91 Å². The van der Waals surface area contributed by atoms with Crippen LogP contribution in [0, 0.1) is 0 Å². The predicted octanol–water partition coefficient (Wildman–Crippen LogP) is 1.68. The first-order chi connectivity index (χ1) is 9.40. The van der Waals surface area contributed by atoms with Crippen LogP contribution in [0.15, 0.2) is 30.3 Å². The van der Waals surface area contributed by atoms with Crippen molar-refractivity contribution in [3.05, 3.63) is 41.5 Å². The third-order valence-corrected chi connectivity index (χ3v) is 3.15. The maximum atomic E-state index is 11.7. The van der Waals surface area contributed by atoms with Crippen molar-refractivity contribution in [3.8, 4) is 0 Å². The first kappa shape index (κ1) is 16.4. The van der Waals surface area contributed by atoms with E-state index in [1.165, 1.54) is 11.6 Å². The van der Waals surface area contributed by atoms with E-state index in [9.17, 15) is 4.79 Å². The molecule has 0 spiro atoms. The number of rotatable bonds is 6. The largest absolute Gasteiger partial charge is 0.394 e. The Balaban J connectivity index is 2.65. The predicted molar refractivity (Wildman–Crippen MR) is 80.3 cm³/mol. The Bertz CT molecular complexity index is 459. The van der Waals surface area contributed by atoms with E-state index in [4.69, 9.17) is 10.2 Å². The van der Waals surface area contributed by atoms with E-state index in [0.29, 0.717) is 5.92 Å². The Morgan fingerprint density at radius 2 is 1.80 bits per heavy atom. The Kier molecular flexibility index (Phi) is 5.92. The molecule has 1 amide bonds. The number of carbonyl (C=O) groups excluding carboxylic acids is 1. The van der Waals surface area contributed by atoms with E-state index in [1.54, 1.807) is 13.0 Å². The van der Waals surface area contributed by atoms with Gasteiger partial charge in [0.1, 0.15) is 0 Å². The summed E-state index contributed by atoms with van der Waals surface area (Å²) >= 11 is 0. The first-order valence-electron chi connectivity index (χ1n) is 6.72. The summed E-state index contributed by atoms with van der Waals surface area (Å²) < 4.78 is 0. The highest BCUT2D eigenvalue weighted by Crippen LogP contribution is 2.15. The Morgan fingerprint density at radius 3 is 2.25 bits per heavy atom. The number of benzene rings is 1. The van der Waals surface area contributed by atoms with Crippen molar-refractivity contribution in [2.24, 2.45) is 0 Å². The second kappa shape index (κ2) is 7.22. The van der Waals surface area contributed by atoms with Gasteiger partial charge in [-0.3, -0.25) is 4.79 Å². The van der Waals surface area contributed by atoms with Crippen molar-refractivity contribution in [3.63, 3.8) is 0 Å². The molecule has 20 heavy (non-hydrogen) atoms. The lowest BCUT2D eigenvalue weighted by molar-refractivity contribution is -0.119. The number of carbonyl (C=O) groups is 1. The van der Waals surface area contributed by atoms with Crippen LogP contribution < -0.4 is 5.32 Å². The van der Waals surface area contributed by atoms with Gasteiger partial charge in [-0.2, -0.15) is 0 Å². The van der Waals surface area contributed by atoms with Gasteiger partial charge in [0.25, 0.3) is 0 Å². The van der Waals surface area contributed by atoms with Crippen molar-refractivity contribution in [2.75, 3.05) is 13.2 Å². The van der Waals surface area contributed by atoms with Gasteiger partial charge in [0, 0.05) is 6.08 Å². The number of amides is 1. The normalized spacial score (nSPS) is 12.1. The molecular weight excluding hydrogens is 254 g/mol. The average molecular weight is 277 g/mol. The second-order valence-electron chi connectivity index (χ2n) is 5.52. The van der Waals surface area contributed by atoms with Crippen molar-refractivity contribution in [1.82, 2.24) is 5.32 Å². The Hall–Kier alpha value is -1.65. The fourth-order valence-electron chi connectivity index (χ4n) is 1.63. The van der Waals surface area contributed by atoms with Crippen LogP contribution in [0.4, 0.5) is 0 Å². The molecule has 4 nitrogen and oxygen atoms in total. The van der Waals surface area contributed by atoms with Gasteiger partial charge in [-0.1, -0.05) is 38.1 Å². The molecule has 0 aliphatic heterocycles. The van der Waals surface area contributed by atoms with Crippen LogP contribution in [0.5, 0.6) is 0 Å². The molecule has 0 saturated carbocycles. The van der Waals surface area contributed by atoms with Gasteiger partial charge < -0.3 is 15.5 Å². The van der Waals surface area contributed by atoms with Crippen LogP contribution in [0.25, 0.3) is 6.08 Å². The van der Waals surface area contributed by atoms with Gasteiger partial charge in [-0.05, 0) is 30.0 Å². The van der Waals surface area contributed by atoms with Gasteiger partial charge in [-0.25, -0.2) is 0 Å². The molecule has 0 saturated heterocycles. The molecular formula is C16H23NO3. The standard InChI is InChI=1S/C16H23NO3/c1-12(2)14-7-4-13(5-8-14)6-9-15(20)17-16(3,10-18)11-19/h4-9,12,18-19H,10-11H2,1-3H3,(H,17,20)/b9-6+. The summed E-state index contributed by atoms with van der Waals surface area (Å²) in [4.78, 5) is 11.7. The number of aliphatic hydroxyl groups is 2. The summed E-state index contributed by atoms with van der Waals surface area (Å²) in [6.45, 7) is 5.21. The maximum absolute atomic E-state index is 11.7. The molecule has 110 valence electrons. The fourth-order valence-corrected chi connectivity index (χ4v) is 1.63. The summed E-state index contributed by atoms with van der Waals surface area (Å²) in [5, 5.41) is 20.8. The number of aliphatic hydroxyl groups excluding tert-OH is 2. The molecule has 0 aliphatic carbocycles. The highest BCUT2D eigenvalue weighted by Gasteiger charge is 2.23. The van der Waals surface area contributed by atoms with E-state index in [2.05, 4.69) is 19.2 Å².